The summed E-state index contributed by atoms with van der Waals surface area (Å²) >= 11 is 3.37. The molecule has 0 aromatic heterocycles. The Morgan fingerprint density at radius 2 is 2.11 bits per heavy atom. The maximum Gasteiger partial charge on any atom is 0.137 e. The molecule has 0 spiro atoms. The third-order valence-corrected chi connectivity index (χ3v) is 4.16. The Hall–Kier alpha value is -0.420. The second kappa shape index (κ2) is 8.00. The van der Waals surface area contributed by atoms with Crippen LogP contribution in [0.4, 0.5) is 4.39 Å². The quantitative estimate of drug-likeness (QED) is 0.837. The number of hydrogen-bond acceptors (Lipinski definition) is 2. The minimum absolute atomic E-state index is 0. The number of benzene rings is 1. The molecule has 1 aromatic rings. The van der Waals surface area contributed by atoms with Crippen molar-refractivity contribution < 1.29 is 4.39 Å². The van der Waals surface area contributed by atoms with E-state index in [-0.39, 0.29) is 24.3 Å². The van der Waals surface area contributed by atoms with Gasteiger partial charge in [0.25, 0.3) is 0 Å². The van der Waals surface area contributed by atoms with Gasteiger partial charge in [0.1, 0.15) is 5.82 Å². The van der Waals surface area contributed by atoms with Crippen molar-refractivity contribution in [1.82, 2.24) is 10.2 Å². The fourth-order valence-electron chi connectivity index (χ4n) is 2.40. The molecular weight excluding hydrogens is 331 g/mol. The lowest BCUT2D eigenvalue weighted by Gasteiger charge is -2.35. The van der Waals surface area contributed by atoms with Gasteiger partial charge >= 0.3 is 0 Å². The van der Waals surface area contributed by atoms with Gasteiger partial charge in [0.15, 0.2) is 0 Å². The predicted molar refractivity (Wildman–Crippen MR) is 83.3 cm³/mol. The van der Waals surface area contributed by atoms with Gasteiger partial charge in [-0.25, -0.2) is 4.39 Å². The van der Waals surface area contributed by atoms with Gasteiger partial charge in [-0.05, 0) is 34.0 Å². The van der Waals surface area contributed by atoms with E-state index in [4.69, 9.17) is 0 Å². The summed E-state index contributed by atoms with van der Waals surface area (Å²) in [5.41, 5.74) is 1.01. The zero-order chi connectivity index (χ0) is 13.0. The number of nitrogens with zero attached hydrogens (tertiary/aromatic N) is 1. The van der Waals surface area contributed by atoms with Gasteiger partial charge in [-0.1, -0.05) is 18.2 Å². The highest BCUT2D eigenvalue weighted by atomic mass is 79.9. The Morgan fingerprint density at radius 3 is 2.74 bits per heavy atom. The molecule has 0 radical (unpaired) electrons. The first-order valence-electron chi connectivity index (χ1n) is 6.23. The second-order valence-corrected chi connectivity index (χ2v) is 5.26. The molecule has 106 valence electrons. The summed E-state index contributed by atoms with van der Waals surface area (Å²) < 4.78 is 14.2. The van der Waals surface area contributed by atoms with Gasteiger partial charge < -0.3 is 5.32 Å². The molecule has 0 bridgehead atoms. The third-order valence-electron chi connectivity index (χ3n) is 3.32. The van der Waals surface area contributed by atoms with E-state index in [1.807, 2.05) is 12.1 Å². The molecule has 1 heterocycles. The van der Waals surface area contributed by atoms with Gasteiger partial charge in [0.2, 0.25) is 0 Å². The Morgan fingerprint density at radius 1 is 1.42 bits per heavy atom. The van der Waals surface area contributed by atoms with E-state index < -0.39 is 0 Å². The van der Waals surface area contributed by atoms with Crippen LogP contribution in [0.15, 0.2) is 35.3 Å². The molecule has 0 amide bonds. The monoisotopic (exact) mass is 348 g/mol. The highest BCUT2D eigenvalue weighted by molar-refractivity contribution is 9.10. The normalized spacial score (nSPS) is 17.6. The molecule has 1 fully saturated rings. The molecule has 1 N–H and O–H groups in total. The Labute approximate surface area is 128 Å². The van der Waals surface area contributed by atoms with Crippen LogP contribution in [0.3, 0.4) is 0 Å². The van der Waals surface area contributed by atoms with Crippen LogP contribution in [0.2, 0.25) is 0 Å². The van der Waals surface area contributed by atoms with Gasteiger partial charge in [0.05, 0.1) is 4.47 Å². The minimum atomic E-state index is -0.198. The van der Waals surface area contributed by atoms with Crippen molar-refractivity contribution in [3.63, 3.8) is 0 Å². The number of piperazine rings is 1. The van der Waals surface area contributed by atoms with Crippen molar-refractivity contribution in [1.29, 1.82) is 0 Å². The standard InChI is InChI=1S/C14H18BrFN2.ClH/c1-2-4-13(18-9-7-17-8-10-18)11-5-3-6-12(16)14(11)15;/h2-3,5-6,13,17H,1,4,7-10H2;1H/t13-;/m0./s1. The van der Waals surface area contributed by atoms with E-state index in [1.165, 1.54) is 6.07 Å². The van der Waals surface area contributed by atoms with Crippen molar-refractivity contribution in [2.75, 3.05) is 26.2 Å². The summed E-state index contributed by atoms with van der Waals surface area (Å²) in [5, 5.41) is 3.34. The minimum Gasteiger partial charge on any atom is -0.314 e. The van der Waals surface area contributed by atoms with Gasteiger partial charge in [0, 0.05) is 32.2 Å². The van der Waals surface area contributed by atoms with Crippen molar-refractivity contribution in [3.05, 3.63) is 46.7 Å². The largest absolute Gasteiger partial charge is 0.314 e. The van der Waals surface area contributed by atoms with Crippen molar-refractivity contribution in [2.24, 2.45) is 0 Å². The zero-order valence-corrected chi connectivity index (χ0v) is 13.1. The molecule has 2 nitrogen and oxygen atoms in total. The fourth-order valence-corrected chi connectivity index (χ4v) is 2.93. The van der Waals surface area contributed by atoms with Crippen LogP contribution >= 0.6 is 28.3 Å². The predicted octanol–water partition coefficient (Wildman–Crippen LogP) is 3.53. The third kappa shape index (κ3) is 4.02. The van der Waals surface area contributed by atoms with E-state index in [1.54, 1.807) is 6.07 Å². The summed E-state index contributed by atoms with van der Waals surface area (Å²) in [6.07, 6.45) is 2.74. The van der Waals surface area contributed by atoms with E-state index in [9.17, 15) is 4.39 Å². The molecule has 2 rings (SSSR count). The lowest BCUT2D eigenvalue weighted by Crippen LogP contribution is -2.45. The van der Waals surface area contributed by atoms with Gasteiger partial charge in [-0.15, -0.1) is 19.0 Å². The first-order valence-corrected chi connectivity index (χ1v) is 7.03. The van der Waals surface area contributed by atoms with E-state index in [0.717, 1.165) is 38.2 Å². The summed E-state index contributed by atoms with van der Waals surface area (Å²) in [7, 11) is 0. The lowest BCUT2D eigenvalue weighted by molar-refractivity contribution is 0.173. The van der Waals surface area contributed by atoms with Gasteiger partial charge in [-0.3, -0.25) is 4.90 Å². The molecule has 1 saturated heterocycles. The Bertz CT molecular complexity index is 422. The first-order chi connectivity index (χ1) is 8.74. The van der Waals surface area contributed by atoms with E-state index in [0.29, 0.717) is 4.47 Å². The summed E-state index contributed by atoms with van der Waals surface area (Å²) in [4.78, 5) is 2.39. The molecule has 1 aliphatic heterocycles. The maximum atomic E-state index is 13.6. The molecule has 19 heavy (non-hydrogen) atoms. The second-order valence-electron chi connectivity index (χ2n) is 4.47. The highest BCUT2D eigenvalue weighted by Crippen LogP contribution is 2.32. The van der Waals surface area contributed by atoms with E-state index in [2.05, 4.69) is 32.7 Å². The molecule has 5 heteroatoms. The molecule has 1 atom stereocenters. The van der Waals surface area contributed by atoms with Crippen LogP contribution in [-0.2, 0) is 0 Å². The number of nitrogens with one attached hydrogen (secondary N) is 1. The highest BCUT2D eigenvalue weighted by Gasteiger charge is 2.23. The summed E-state index contributed by atoms with van der Waals surface area (Å²) in [5.74, 6) is -0.198. The fraction of sp³-hybridized carbons (Fsp3) is 0.429. The van der Waals surface area contributed by atoms with Crippen molar-refractivity contribution >= 4 is 28.3 Å². The van der Waals surface area contributed by atoms with Gasteiger partial charge in [-0.2, -0.15) is 0 Å². The lowest BCUT2D eigenvalue weighted by atomic mass is 10.0. The van der Waals surface area contributed by atoms with Crippen LogP contribution in [0.1, 0.15) is 18.0 Å². The average molecular weight is 350 g/mol. The Balaban J connectivity index is 0.00000180. The smallest absolute Gasteiger partial charge is 0.137 e. The number of hydrogen-bond donors (Lipinski definition) is 1. The SMILES string of the molecule is C=CC[C@@H](c1cccc(F)c1Br)N1CCNCC1.Cl. The molecular formula is C14H19BrClFN2. The Kier molecular flexibility index (Phi) is 7.00. The van der Waals surface area contributed by atoms with Crippen LogP contribution in [-0.4, -0.2) is 31.1 Å². The van der Waals surface area contributed by atoms with E-state index >= 15 is 0 Å². The molecule has 0 saturated carbocycles. The number of rotatable bonds is 4. The van der Waals surface area contributed by atoms with Crippen LogP contribution < -0.4 is 5.32 Å². The molecule has 0 unspecified atom stereocenters. The summed E-state index contributed by atoms with van der Waals surface area (Å²) in [6, 6.07) is 5.45. The number of halogens is 3. The topological polar surface area (TPSA) is 15.3 Å². The maximum absolute atomic E-state index is 13.6. The summed E-state index contributed by atoms with van der Waals surface area (Å²) in [6.45, 7) is 7.77. The van der Waals surface area contributed by atoms with Crippen LogP contribution in [0.5, 0.6) is 0 Å². The first kappa shape index (κ1) is 16.6. The molecule has 1 aromatic carbocycles. The van der Waals surface area contributed by atoms with Crippen molar-refractivity contribution in [2.45, 2.75) is 12.5 Å². The molecule has 1 aliphatic rings. The zero-order valence-electron chi connectivity index (χ0n) is 10.7. The van der Waals surface area contributed by atoms with Crippen molar-refractivity contribution in [3.8, 4) is 0 Å². The van der Waals surface area contributed by atoms with Crippen LogP contribution in [0, 0.1) is 5.82 Å². The van der Waals surface area contributed by atoms with Crippen LogP contribution in [0.25, 0.3) is 0 Å². The molecule has 0 aliphatic carbocycles. The average Bonchev–Trinajstić information content (AvgIpc) is 2.41.